The second kappa shape index (κ2) is 14.7. The number of aliphatic hydroxyl groups is 1. The molecule has 3 heterocycles. The van der Waals surface area contributed by atoms with Gasteiger partial charge in [-0.2, -0.15) is 0 Å². The molecule has 0 saturated carbocycles. The second-order valence-electron chi connectivity index (χ2n) is 12.5. The first-order valence-corrected chi connectivity index (χ1v) is 16.5. The van der Waals surface area contributed by atoms with Crippen LogP contribution < -0.4 is 14.8 Å². The normalized spacial score (nSPS) is 19.3. The van der Waals surface area contributed by atoms with E-state index >= 15 is 0 Å². The van der Waals surface area contributed by atoms with Crippen LogP contribution in [0.4, 0.5) is 0 Å². The highest BCUT2D eigenvalue weighted by atomic mass is 16.7. The average molecular weight is 661 g/mol. The lowest BCUT2D eigenvalue weighted by Gasteiger charge is -2.39. The average Bonchev–Trinajstić information content (AvgIpc) is 3.16. The maximum Gasteiger partial charge on any atom is 0.271 e. The molecule has 4 aromatic carbocycles. The number of benzene rings is 4. The number of para-hydroxylation sites is 2. The van der Waals surface area contributed by atoms with Gasteiger partial charge in [-0.3, -0.25) is 14.7 Å². The quantitative estimate of drug-likeness (QED) is 0.196. The molecule has 2 aliphatic rings. The van der Waals surface area contributed by atoms with E-state index in [2.05, 4.69) is 32.3 Å². The van der Waals surface area contributed by atoms with Gasteiger partial charge in [0.2, 0.25) is 0 Å². The van der Waals surface area contributed by atoms with E-state index in [-0.39, 0.29) is 30.4 Å². The van der Waals surface area contributed by atoms with Crippen LogP contribution in [0, 0.1) is 0 Å². The van der Waals surface area contributed by atoms with Crippen LogP contribution in [0.1, 0.15) is 62.7 Å². The number of hydrogen-bond donors (Lipinski definition) is 2. The molecule has 1 fully saturated rings. The molecule has 1 saturated heterocycles. The van der Waals surface area contributed by atoms with Crippen LogP contribution in [0.3, 0.4) is 0 Å². The van der Waals surface area contributed by atoms with Crippen molar-refractivity contribution in [1.29, 1.82) is 0 Å². The molecular formula is C39H40N4O6. The van der Waals surface area contributed by atoms with Gasteiger partial charge in [0.05, 0.1) is 50.3 Å². The third-order valence-electron chi connectivity index (χ3n) is 9.26. The predicted molar refractivity (Wildman–Crippen MR) is 184 cm³/mol. The Kier molecular flexibility index (Phi) is 9.81. The van der Waals surface area contributed by atoms with Gasteiger partial charge in [-0.25, -0.2) is 4.98 Å². The Bertz CT molecular complexity index is 1920. The van der Waals surface area contributed by atoms with Gasteiger partial charge in [0.15, 0.2) is 17.8 Å². The third-order valence-corrected chi connectivity index (χ3v) is 9.26. The Labute approximate surface area is 285 Å². The number of carbonyl (C=O) groups excluding carboxylic acids is 1. The van der Waals surface area contributed by atoms with Crippen molar-refractivity contribution in [2.24, 2.45) is 0 Å². The Morgan fingerprint density at radius 2 is 1.59 bits per heavy atom. The van der Waals surface area contributed by atoms with Crippen molar-refractivity contribution in [3.63, 3.8) is 0 Å². The number of aliphatic hydroxyl groups excluding tert-OH is 1. The fourth-order valence-electron chi connectivity index (χ4n) is 6.55. The zero-order chi connectivity index (χ0) is 33.7. The first kappa shape index (κ1) is 32.7. The first-order chi connectivity index (χ1) is 24.0. The SMILES string of the molecule is COc1cc2c(cc1OC)CN(C[C@H]1C[C@@H](c3ccc(CO)cc3)O[C@@H](c3ccc(CNC(=O)c4cnc5ccccc5n4)cc3)O1)CC2. The van der Waals surface area contributed by atoms with Crippen molar-refractivity contribution >= 4 is 16.9 Å². The van der Waals surface area contributed by atoms with Crippen LogP contribution in [0.2, 0.25) is 0 Å². The summed E-state index contributed by atoms with van der Waals surface area (Å²) in [6.45, 7) is 2.79. The molecule has 1 aromatic heterocycles. The number of nitrogens with zero attached hydrogens (tertiary/aromatic N) is 3. The highest BCUT2D eigenvalue weighted by molar-refractivity contribution is 5.93. The maximum absolute atomic E-state index is 12.8. The molecule has 10 heteroatoms. The van der Waals surface area contributed by atoms with E-state index in [0.29, 0.717) is 18.5 Å². The summed E-state index contributed by atoms with van der Waals surface area (Å²) in [6, 6.07) is 27.5. The summed E-state index contributed by atoms with van der Waals surface area (Å²) in [5, 5.41) is 12.5. The summed E-state index contributed by atoms with van der Waals surface area (Å²) in [6.07, 6.45) is 2.29. The Balaban J connectivity index is 1.04. The highest BCUT2D eigenvalue weighted by Crippen LogP contribution is 2.39. The number of aromatic nitrogens is 2. The van der Waals surface area contributed by atoms with Crippen LogP contribution in [0.5, 0.6) is 11.5 Å². The highest BCUT2D eigenvalue weighted by Gasteiger charge is 2.34. The monoisotopic (exact) mass is 660 g/mol. The molecule has 0 spiro atoms. The van der Waals surface area contributed by atoms with Gasteiger partial charge in [0, 0.05) is 38.2 Å². The smallest absolute Gasteiger partial charge is 0.271 e. The zero-order valence-corrected chi connectivity index (χ0v) is 27.7. The van der Waals surface area contributed by atoms with Gasteiger partial charge in [-0.05, 0) is 58.5 Å². The minimum atomic E-state index is -0.570. The lowest BCUT2D eigenvalue weighted by atomic mass is 9.97. The molecule has 2 aliphatic heterocycles. The molecule has 0 aliphatic carbocycles. The number of ether oxygens (including phenoxy) is 4. The Morgan fingerprint density at radius 3 is 2.33 bits per heavy atom. The summed E-state index contributed by atoms with van der Waals surface area (Å²) in [4.78, 5) is 24.1. The molecule has 3 atom stereocenters. The molecule has 7 rings (SSSR count). The van der Waals surface area contributed by atoms with E-state index in [1.54, 1.807) is 14.2 Å². The number of methoxy groups -OCH3 is 2. The molecular weight excluding hydrogens is 620 g/mol. The van der Waals surface area contributed by atoms with Crippen molar-refractivity contribution < 1.29 is 28.8 Å². The minimum Gasteiger partial charge on any atom is -0.493 e. The molecule has 0 bridgehead atoms. The van der Waals surface area contributed by atoms with Crippen LogP contribution >= 0.6 is 0 Å². The number of rotatable bonds is 10. The predicted octanol–water partition coefficient (Wildman–Crippen LogP) is 5.67. The zero-order valence-electron chi connectivity index (χ0n) is 27.7. The lowest BCUT2D eigenvalue weighted by Crippen LogP contribution is -2.41. The van der Waals surface area contributed by atoms with Gasteiger partial charge >= 0.3 is 0 Å². The standard InChI is InChI=1S/C39H40N4O6/c1-46-36-17-29-15-16-43(22-30(29)18-37(36)47-2)23-31-19-35(27-11-9-26(24-44)10-12-27)49-39(48-31)28-13-7-25(8-14-28)20-41-38(45)34-21-40-32-5-3-4-6-33(32)42-34/h3-14,17-18,21,31,35,39,44H,15-16,19-20,22-24H2,1-2H3,(H,41,45)/t31-,35+,39+/m1/s1. The van der Waals surface area contributed by atoms with Crippen LogP contribution in [0.25, 0.3) is 11.0 Å². The van der Waals surface area contributed by atoms with Gasteiger partial charge in [0.1, 0.15) is 5.69 Å². The van der Waals surface area contributed by atoms with Crippen molar-refractivity contribution in [3.8, 4) is 11.5 Å². The van der Waals surface area contributed by atoms with E-state index in [0.717, 1.165) is 65.3 Å². The number of carbonyl (C=O) groups is 1. The molecule has 0 radical (unpaired) electrons. The number of amides is 1. The number of fused-ring (bicyclic) bond motifs is 2. The van der Waals surface area contributed by atoms with Crippen LogP contribution in [-0.2, 0) is 35.6 Å². The lowest BCUT2D eigenvalue weighted by molar-refractivity contribution is -0.253. The minimum absolute atomic E-state index is 0.00425. The summed E-state index contributed by atoms with van der Waals surface area (Å²) < 4.78 is 24.3. The summed E-state index contributed by atoms with van der Waals surface area (Å²) in [7, 11) is 3.33. The van der Waals surface area contributed by atoms with E-state index in [4.69, 9.17) is 18.9 Å². The summed E-state index contributed by atoms with van der Waals surface area (Å²) >= 11 is 0. The molecule has 2 N–H and O–H groups in total. The van der Waals surface area contributed by atoms with Crippen molar-refractivity contribution in [3.05, 3.63) is 130 Å². The second-order valence-corrected chi connectivity index (χ2v) is 12.5. The molecule has 49 heavy (non-hydrogen) atoms. The van der Waals surface area contributed by atoms with Crippen molar-refractivity contribution in [1.82, 2.24) is 20.2 Å². The van der Waals surface area contributed by atoms with Gasteiger partial charge in [0.25, 0.3) is 5.91 Å². The fourth-order valence-corrected chi connectivity index (χ4v) is 6.55. The van der Waals surface area contributed by atoms with E-state index in [1.807, 2.05) is 72.8 Å². The largest absolute Gasteiger partial charge is 0.493 e. The molecule has 5 aromatic rings. The number of nitrogens with one attached hydrogen (secondary N) is 1. The van der Waals surface area contributed by atoms with E-state index in [1.165, 1.54) is 17.3 Å². The molecule has 0 unspecified atom stereocenters. The maximum atomic E-state index is 12.8. The first-order valence-electron chi connectivity index (χ1n) is 16.5. The van der Waals surface area contributed by atoms with Crippen LogP contribution in [-0.4, -0.2) is 59.3 Å². The summed E-state index contributed by atoms with van der Waals surface area (Å²) in [5.41, 5.74) is 7.97. The van der Waals surface area contributed by atoms with Crippen LogP contribution in [0.15, 0.2) is 91.1 Å². The number of hydrogen-bond acceptors (Lipinski definition) is 9. The molecule has 252 valence electrons. The topological polar surface area (TPSA) is 115 Å². The third kappa shape index (κ3) is 7.42. The van der Waals surface area contributed by atoms with E-state index < -0.39 is 6.29 Å². The Morgan fingerprint density at radius 1 is 0.898 bits per heavy atom. The Hall–Kier alpha value is -4.87. The molecule has 10 nitrogen and oxygen atoms in total. The summed E-state index contributed by atoms with van der Waals surface area (Å²) in [5.74, 6) is 1.22. The van der Waals surface area contributed by atoms with Gasteiger partial charge < -0.3 is 29.4 Å². The fraction of sp³-hybridized carbons (Fsp3) is 0.308. The van der Waals surface area contributed by atoms with Gasteiger partial charge in [-0.1, -0.05) is 60.7 Å². The van der Waals surface area contributed by atoms with E-state index in [9.17, 15) is 9.90 Å². The van der Waals surface area contributed by atoms with Crippen molar-refractivity contribution in [2.75, 3.05) is 27.3 Å². The van der Waals surface area contributed by atoms with Gasteiger partial charge in [-0.15, -0.1) is 0 Å². The van der Waals surface area contributed by atoms with Crippen molar-refractivity contribution in [2.45, 2.75) is 51.0 Å². The molecule has 1 amide bonds.